The van der Waals surface area contributed by atoms with Crippen molar-refractivity contribution in [2.45, 2.75) is 38.5 Å². The topological polar surface area (TPSA) is 54.4 Å². The molecular weight excluding hydrogens is 168 g/mol. The van der Waals surface area contributed by atoms with E-state index in [0.29, 0.717) is 12.3 Å². The van der Waals surface area contributed by atoms with Gasteiger partial charge in [0.1, 0.15) is 6.29 Å². The van der Waals surface area contributed by atoms with Crippen molar-refractivity contribution in [3.8, 4) is 0 Å². The Hall–Kier alpha value is -0.860. The lowest BCUT2D eigenvalue weighted by Gasteiger charge is -2.25. The van der Waals surface area contributed by atoms with Gasteiger partial charge in [-0.15, -0.1) is 0 Å². The van der Waals surface area contributed by atoms with Crippen molar-refractivity contribution in [1.82, 2.24) is 0 Å². The fourth-order valence-corrected chi connectivity index (χ4v) is 2.00. The Morgan fingerprint density at radius 3 is 2.38 bits per heavy atom. The summed E-state index contributed by atoms with van der Waals surface area (Å²) in [5.41, 5.74) is 0. The van der Waals surface area contributed by atoms with E-state index in [1.165, 1.54) is 0 Å². The van der Waals surface area contributed by atoms with Crippen LogP contribution in [-0.2, 0) is 9.59 Å². The highest BCUT2D eigenvalue weighted by Gasteiger charge is 2.25. The minimum Gasteiger partial charge on any atom is -0.481 e. The van der Waals surface area contributed by atoms with E-state index in [4.69, 9.17) is 5.11 Å². The number of carboxylic acid groups (broad SMARTS) is 1. The maximum Gasteiger partial charge on any atom is 0.306 e. The van der Waals surface area contributed by atoms with Gasteiger partial charge >= 0.3 is 5.97 Å². The minimum atomic E-state index is -0.658. The Bertz CT molecular complexity index is 181. The van der Waals surface area contributed by atoms with Crippen molar-refractivity contribution < 1.29 is 14.7 Å². The summed E-state index contributed by atoms with van der Waals surface area (Å²) in [5, 5.41) is 8.74. The first-order chi connectivity index (χ1) is 6.24. The molecule has 1 aliphatic rings. The predicted octanol–water partition coefficient (Wildman–Crippen LogP) is 1.86. The van der Waals surface area contributed by atoms with E-state index in [2.05, 4.69) is 0 Å². The molecule has 0 aromatic rings. The van der Waals surface area contributed by atoms with Crippen LogP contribution in [-0.4, -0.2) is 17.4 Å². The molecule has 1 saturated carbocycles. The molecule has 74 valence electrons. The standard InChI is InChI=1S/C10H16O3/c11-7-1-2-8-3-5-9(6-4-8)10(12)13/h7-9H,1-6H2,(H,12,13). The summed E-state index contributed by atoms with van der Waals surface area (Å²) < 4.78 is 0. The monoisotopic (exact) mass is 184 g/mol. The highest BCUT2D eigenvalue weighted by molar-refractivity contribution is 5.69. The molecule has 0 aliphatic heterocycles. The summed E-state index contributed by atoms with van der Waals surface area (Å²) in [6.45, 7) is 0. The summed E-state index contributed by atoms with van der Waals surface area (Å²) in [7, 11) is 0. The van der Waals surface area contributed by atoms with Crippen LogP contribution in [0.25, 0.3) is 0 Å². The number of carboxylic acids is 1. The lowest BCUT2D eigenvalue weighted by atomic mass is 9.80. The Morgan fingerprint density at radius 1 is 1.31 bits per heavy atom. The molecule has 0 unspecified atom stereocenters. The minimum absolute atomic E-state index is 0.132. The first-order valence-electron chi connectivity index (χ1n) is 4.90. The van der Waals surface area contributed by atoms with Crippen molar-refractivity contribution in [2.75, 3.05) is 0 Å². The fraction of sp³-hybridized carbons (Fsp3) is 0.800. The van der Waals surface area contributed by atoms with E-state index >= 15 is 0 Å². The van der Waals surface area contributed by atoms with Crippen molar-refractivity contribution in [3.63, 3.8) is 0 Å². The number of carbonyl (C=O) groups is 2. The second kappa shape index (κ2) is 5.00. The Morgan fingerprint density at radius 2 is 1.92 bits per heavy atom. The number of rotatable bonds is 4. The molecule has 0 aromatic carbocycles. The van der Waals surface area contributed by atoms with Crippen LogP contribution in [0.1, 0.15) is 38.5 Å². The Labute approximate surface area is 78.1 Å². The maximum atomic E-state index is 10.6. The Kier molecular flexibility index (Phi) is 3.93. The molecule has 1 aliphatic carbocycles. The van der Waals surface area contributed by atoms with Gasteiger partial charge in [-0.2, -0.15) is 0 Å². The number of aldehydes is 1. The normalized spacial score (nSPS) is 28.3. The molecule has 0 aromatic heterocycles. The van der Waals surface area contributed by atoms with Crippen LogP contribution in [0.4, 0.5) is 0 Å². The van der Waals surface area contributed by atoms with Crippen LogP contribution in [0.5, 0.6) is 0 Å². The molecule has 0 bridgehead atoms. The summed E-state index contributed by atoms with van der Waals surface area (Å²) in [6, 6.07) is 0. The molecule has 3 heteroatoms. The molecule has 0 atom stereocenters. The first-order valence-corrected chi connectivity index (χ1v) is 4.90. The Balaban J connectivity index is 2.22. The van der Waals surface area contributed by atoms with Gasteiger partial charge in [-0.3, -0.25) is 4.79 Å². The first kappa shape index (κ1) is 10.2. The summed E-state index contributed by atoms with van der Waals surface area (Å²) in [6.07, 6.45) is 6.05. The zero-order valence-electron chi connectivity index (χ0n) is 7.74. The average Bonchev–Trinajstić information content (AvgIpc) is 2.15. The molecule has 1 fully saturated rings. The van der Waals surface area contributed by atoms with E-state index < -0.39 is 5.97 Å². The lowest BCUT2D eigenvalue weighted by molar-refractivity contribution is -0.143. The van der Waals surface area contributed by atoms with Gasteiger partial charge in [0.05, 0.1) is 5.92 Å². The third-order valence-electron chi connectivity index (χ3n) is 2.89. The van der Waals surface area contributed by atoms with Crippen LogP contribution >= 0.6 is 0 Å². The summed E-state index contributed by atoms with van der Waals surface area (Å²) in [5.74, 6) is -0.206. The number of aliphatic carboxylic acids is 1. The number of carbonyl (C=O) groups excluding carboxylic acids is 1. The van der Waals surface area contributed by atoms with Crippen LogP contribution in [0, 0.1) is 11.8 Å². The molecule has 1 N–H and O–H groups in total. The molecule has 0 amide bonds. The van der Waals surface area contributed by atoms with E-state index in [1.54, 1.807) is 0 Å². The lowest BCUT2D eigenvalue weighted by Crippen LogP contribution is -2.21. The van der Waals surface area contributed by atoms with E-state index in [9.17, 15) is 9.59 Å². The molecule has 0 saturated heterocycles. The van der Waals surface area contributed by atoms with Crippen molar-refractivity contribution in [1.29, 1.82) is 0 Å². The van der Waals surface area contributed by atoms with Gasteiger partial charge < -0.3 is 9.90 Å². The van der Waals surface area contributed by atoms with Gasteiger partial charge in [0.2, 0.25) is 0 Å². The third-order valence-corrected chi connectivity index (χ3v) is 2.89. The largest absolute Gasteiger partial charge is 0.481 e. The van der Waals surface area contributed by atoms with E-state index in [0.717, 1.165) is 38.4 Å². The zero-order chi connectivity index (χ0) is 9.68. The number of hydrogen-bond donors (Lipinski definition) is 1. The summed E-state index contributed by atoms with van der Waals surface area (Å²) in [4.78, 5) is 20.7. The van der Waals surface area contributed by atoms with E-state index in [-0.39, 0.29) is 5.92 Å². The second-order valence-corrected chi connectivity index (χ2v) is 3.80. The van der Waals surface area contributed by atoms with Crippen LogP contribution in [0.3, 0.4) is 0 Å². The SMILES string of the molecule is O=CCCC1CCC(C(=O)O)CC1. The number of hydrogen-bond acceptors (Lipinski definition) is 2. The fourth-order valence-electron chi connectivity index (χ4n) is 2.00. The van der Waals surface area contributed by atoms with Gasteiger partial charge in [-0.1, -0.05) is 0 Å². The zero-order valence-corrected chi connectivity index (χ0v) is 7.74. The maximum absolute atomic E-state index is 10.6. The van der Waals surface area contributed by atoms with Gasteiger partial charge in [0.25, 0.3) is 0 Å². The van der Waals surface area contributed by atoms with Gasteiger partial charge in [-0.25, -0.2) is 0 Å². The smallest absolute Gasteiger partial charge is 0.306 e. The van der Waals surface area contributed by atoms with Gasteiger partial charge in [0, 0.05) is 6.42 Å². The molecule has 1 rings (SSSR count). The van der Waals surface area contributed by atoms with Gasteiger partial charge in [-0.05, 0) is 38.0 Å². The summed E-state index contributed by atoms with van der Waals surface area (Å²) >= 11 is 0. The third kappa shape index (κ3) is 3.17. The van der Waals surface area contributed by atoms with Crippen molar-refractivity contribution >= 4 is 12.3 Å². The van der Waals surface area contributed by atoms with Crippen molar-refractivity contribution in [2.24, 2.45) is 11.8 Å². The molecule has 0 radical (unpaired) electrons. The molecule has 13 heavy (non-hydrogen) atoms. The molecular formula is C10H16O3. The highest BCUT2D eigenvalue weighted by atomic mass is 16.4. The van der Waals surface area contributed by atoms with Crippen LogP contribution in [0.15, 0.2) is 0 Å². The second-order valence-electron chi connectivity index (χ2n) is 3.80. The molecule has 0 heterocycles. The predicted molar refractivity (Wildman–Crippen MR) is 48.4 cm³/mol. The van der Waals surface area contributed by atoms with E-state index in [1.807, 2.05) is 0 Å². The van der Waals surface area contributed by atoms with Gasteiger partial charge in [0.15, 0.2) is 0 Å². The quantitative estimate of drug-likeness (QED) is 0.678. The molecule has 0 spiro atoms. The highest BCUT2D eigenvalue weighted by Crippen LogP contribution is 2.31. The van der Waals surface area contributed by atoms with Crippen LogP contribution in [0.2, 0.25) is 0 Å². The molecule has 3 nitrogen and oxygen atoms in total. The van der Waals surface area contributed by atoms with Crippen LogP contribution < -0.4 is 0 Å². The van der Waals surface area contributed by atoms with Crippen molar-refractivity contribution in [3.05, 3.63) is 0 Å². The average molecular weight is 184 g/mol.